The quantitative estimate of drug-likeness (QED) is 0.833. The summed E-state index contributed by atoms with van der Waals surface area (Å²) in [7, 11) is 0. The minimum absolute atomic E-state index is 0.214. The highest BCUT2D eigenvalue weighted by molar-refractivity contribution is 7.05. The Balaban J connectivity index is 2.42. The fraction of sp³-hybridized carbons (Fsp3) is 0.529. The molecule has 1 heterocycles. The molecule has 0 aliphatic rings. The highest BCUT2D eigenvalue weighted by Gasteiger charge is 2.21. The van der Waals surface area contributed by atoms with Gasteiger partial charge >= 0.3 is 0 Å². The third kappa shape index (κ3) is 3.89. The molecule has 0 aliphatic carbocycles. The minimum Gasteiger partial charge on any atom is -0.305 e. The molecule has 114 valence electrons. The molecule has 1 N–H and O–H groups in total. The van der Waals surface area contributed by atoms with Gasteiger partial charge < -0.3 is 5.32 Å². The number of benzene rings is 1. The lowest BCUT2D eigenvalue weighted by atomic mass is 9.96. The van der Waals surface area contributed by atoms with Crippen molar-refractivity contribution in [3.63, 3.8) is 0 Å². The summed E-state index contributed by atoms with van der Waals surface area (Å²) in [4.78, 5) is 1.28. The maximum Gasteiger partial charge on any atom is 0.0807 e. The van der Waals surface area contributed by atoms with Crippen LogP contribution in [0.15, 0.2) is 18.2 Å². The van der Waals surface area contributed by atoms with Crippen LogP contribution in [0.3, 0.4) is 0 Å². The molecule has 4 heteroatoms. The molecule has 0 spiro atoms. The van der Waals surface area contributed by atoms with Crippen LogP contribution >= 0.6 is 11.5 Å². The van der Waals surface area contributed by atoms with Gasteiger partial charge in [-0.15, -0.1) is 5.10 Å². The van der Waals surface area contributed by atoms with Gasteiger partial charge in [0.2, 0.25) is 0 Å². The first-order valence-electron chi connectivity index (χ1n) is 7.79. The van der Waals surface area contributed by atoms with Gasteiger partial charge in [0.15, 0.2) is 0 Å². The Morgan fingerprint density at radius 1 is 1.19 bits per heavy atom. The molecule has 0 amide bonds. The third-order valence-electron chi connectivity index (χ3n) is 3.68. The van der Waals surface area contributed by atoms with Crippen molar-refractivity contribution in [2.45, 2.75) is 53.0 Å². The van der Waals surface area contributed by atoms with Gasteiger partial charge in [0.05, 0.1) is 16.6 Å². The van der Waals surface area contributed by atoms with Crippen molar-refractivity contribution in [1.82, 2.24) is 14.9 Å². The molecular formula is C17H25N3S. The second kappa shape index (κ2) is 7.66. The first-order chi connectivity index (χ1) is 10.2. The van der Waals surface area contributed by atoms with Gasteiger partial charge in [0.1, 0.15) is 0 Å². The Hall–Kier alpha value is -1.26. The molecule has 0 saturated heterocycles. The molecule has 2 rings (SSSR count). The Morgan fingerprint density at radius 3 is 2.71 bits per heavy atom. The fourth-order valence-electron chi connectivity index (χ4n) is 2.55. The van der Waals surface area contributed by atoms with E-state index in [0.29, 0.717) is 0 Å². The molecule has 3 nitrogen and oxygen atoms in total. The third-order valence-corrected chi connectivity index (χ3v) is 4.51. The van der Waals surface area contributed by atoms with Crippen LogP contribution in [0.4, 0.5) is 0 Å². The summed E-state index contributed by atoms with van der Waals surface area (Å²) in [5.41, 5.74) is 5.13. The Morgan fingerprint density at radius 2 is 2.00 bits per heavy atom. The predicted molar refractivity (Wildman–Crippen MR) is 90.0 cm³/mol. The van der Waals surface area contributed by atoms with Crippen LogP contribution in [0.2, 0.25) is 0 Å². The first kappa shape index (κ1) is 16.1. The Bertz CT molecular complexity index is 577. The predicted octanol–water partition coefficient (Wildman–Crippen LogP) is 4.20. The summed E-state index contributed by atoms with van der Waals surface area (Å²) in [5.74, 6) is 0. The van der Waals surface area contributed by atoms with E-state index in [-0.39, 0.29) is 6.04 Å². The number of aryl methyl sites for hydroxylation is 3. The van der Waals surface area contributed by atoms with Crippen molar-refractivity contribution >= 4 is 11.5 Å². The van der Waals surface area contributed by atoms with Crippen LogP contribution in [0.25, 0.3) is 0 Å². The van der Waals surface area contributed by atoms with Gasteiger partial charge in [-0.1, -0.05) is 48.5 Å². The normalized spacial score (nSPS) is 12.6. The maximum absolute atomic E-state index is 4.34. The van der Waals surface area contributed by atoms with Crippen molar-refractivity contribution in [2.24, 2.45) is 0 Å². The lowest BCUT2D eigenvalue weighted by Gasteiger charge is -2.21. The maximum atomic E-state index is 4.34. The van der Waals surface area contributed by atoms with E-state index in [2.05, 4.69) is 60.8 Å². The SMILES string of the molecule is CCCNC(c1cc(C)ccc1C)c1snnc1CCC. The van der Waals surface area contributed by atoms with Crippen molar-refractivity contribution in [2.75, 3.05) is 6.54 Å². The molecule has 0 aliphatic heterocycles. The molecule has 0 radical (unpaired) electrons. The van der Waals surface area contributed by atoms with Gasteiger partial charge in [-0.3, -0.25) is 0 Å². The van der Waals surface area contributed by atoms with Crippen LogP contribution in [-0.4, -0.2) is 16.1 Å². The van der Waals surface area contributed by atoms with E-state index >= 15 is 0 Å². The number of rotatable bonds is 7. The fourth-order valence-corrected chi connectivity index (χ4v) is 3.34. The second-order valence-electron chi connectivity index (χ2n) is 5.58. The van der Waals surface area contributed by atoms with E-state index in [4.69, 9.17) is 0 Å². The van der Waals surface area contributed by atoms with E-state index in [1.807, 2.05) is 0 Å². The lowest BCUT2D eigenvalue weighted by molar-refractivity contribution is 0.597. The molecule has 0 saturated carbocycles. The average Bonchev–Trinajstić information content (AvgIpc) is 2.92. The summed E-state index contributed by atoms with van der Waals surface area (Å²) < 4.78 is 4.20. The molecule has 2 aromatic rings. The van der Waals surface area contributed by atoms with Crippen molar-refractivity contribution in [3.05, 3.63) is 45.5 Å². The Kier molecular flexibility index (Phi) is 5.88. The van der Waals surface area contributed by atoms with E-state index in [0.717, 1.165) is 31.5 Å². The summed E-state index contributed by atoms with van der Waals surface area (Å²) in [6.45, 7) is 9.73. The van der Waals surface area contributed by atoms with Crippen LogP contribution in [0, 0.1) is 13.8 Å². The largest absolute Gasteiger partial charge is 0.305 e. The smallest absolute Gasteiger partial charge is 0.0807 e. The number of nitrogens with one attached hydrogen (secondary N) is 1. The topological polar surface area (TPSA) is 37.8 Å². The molecule has 0 fully saturated rings. The molecule has 1 aromatic carbocycles. The van der Waals surface area contributed by atoms with E-state index in [1.165, 1.54) is 33.1 Å². The van der Waals surface area contributed by atoms with Crippen molar-refractivity contribution < 1.29 is 0 Å². The average molecular weight is 303 g/mol. The van der Waals surface area contributed by atoms with Gasteiger partial charge in [0.25, 0.3) is 0 Å². The standard InChI is InChI=1S/C17H25N3S/c1-5-7-15-17(21-20-19-15)16(18-10-6-2)14-11-12(3)8-9-13(14)4/h8-9,11,16,18H,5-7,10H2,1-4H3. The summed E-state index contributed by atoms with van der Waals surface area (Å²) in [6.07, 6.45) is 3.23. The van der Waals surface area contributed by atoms with Crippen LogP contribution < -0.4 is 5.32 Å². The van der Waals surface area contributed by atoms with Crippen LogP contribution in [0.5, 0.6) is 0 Å². The van der Waals surface area contributed by atoms with Gasteiger partial charge in [0, 0.05) is 0 Å². The first-order valence-corrected chi connectivity index (χ1v) is 8.56. The second-order valence-corrected chi connectivity index (χ2v) is 6.37. The zero-order valence-corrected chi connectivity index (χ0v) is 14.3. The minimum atomic E-state index is 0.214. The van der Waals surface area contributed by atoms with E-state index in [1.54, 1.807) is 0 Å². The molecule has 1 atom stereocenters. The number of aromatic nitrogens is 2. The summed E-state index contributed by atoms with van der Waals surface area (Å²) >= 11 is 1.53. The molecular weight excluding hydrogens is 278 g/mol. The van der Waals surface area contributed by atoms with Crippen molar-refractivity contribution in [3.8, 4) is 0 Å². The highest BCUT2D eigenvalue weighted by atomic mass is 32.1. The van der Waals surface area contributed by atoms with E-state index in [9.17, 15) is 0 Å². The lowest BCUT2D eigenvalue weighted by Crippen LogP contribution is -2.24. The van der Waals surface area contributed by atoms with E-state index < -0.39 is 0 Å². The summed E-state index contributed by atoms with van der Waals surface area (Å²) in [6, 6.07) is 6.89. The zero-order chi connectivity index (χ0) is 15.2. The van der Waals surface area contributed by atoms with Crippen molar-refractivity contribution in [1.29, 1.82) is 0 Å². The number of hydrogen-bond acceptors (Lipinski definition) is 4. The van der Waals surface area contributed by atoms with Gasteiger partial charge in [-0.25, -0.2) is 0 Å². The summed E-state index contributed by atoms with van der Waals surface area (Å²) in [5, 5.41) is 8.03. The van der Waals surface area contributed by atoms with Crippen LogP contribution in [0.1, 0.15) is 60.0 Å². The molecule has 21 heavy (non-hydrogen) atoms. The molecule has 0 bridgehead atoms. The molecule has 1 aromatic heterocycles. The molecule has 1 unspecified atom stereocenters. The Labute approximate surface area is 132 Å². The zero-order valence-electron chi connectivity index (χ0n) is 13.4. The van der Waals surface area contributed by atoms with Gasteiger partial charge in [-0.2, -0.15) is 0 Å². The number of hydrogen-bond donors (Lipinski definition) is 1. The number of nitrogens with zero attached hydrogens (tertiary/aromatic N) is 2. The monoisotopic (exact) mass is 303 g/mol. The highest BCUT2D eigenvalue weighted by Crippen LogP contribution is 2.30. The van der Waals surface area contributed by atoms with Crippen LogP contribution in [-0.2, 0) is 6.42 Å². The van der Waals surface area contributed by atoms with Gasteiger partial charge in [-0.05, 0) is 55.9 Å².